The summed E-state index contributed by atoms with van der Waals surface area (Å²) >= 11 is 0. The number of ketones is 2. The molecule has 0 aromatic carbocycles. The number of Topliss-reactive ketones (excluding diaryl/α,β-unsaturated/α-hetero) is 2. The molecule has 4 heteroatoms. The summed E-state index contributed by atoms with van der Waals surface area (Å²) in [5, 5.41) is 0. The molecule has 0 fully saturated rings. The summed E-state index contributed by atoms with van der Waals surface area (Å²) in [6, 6.07) is 0. The smallest absolute Gasteiger partial charge is 0.197 e. The first-order chi connectivity index (χ1) is 3.18. The molecule has 0 aromatic rings. The van der Waals surface area contributed by atoms with Crippen molar-refractivity contribution in [2.24, 2.45) is 0 Å². The summed E-state index contributed by atoms with van der Waals surface area (Å²) in [7, 11) is 0. The van der Waals surface area contributed by atoms with E-state index >= 15 is 0 Å². The number of rotatable bonds is 2. The van der Waals surface area contributed by atoms with Crippen LogP contribution in [0.15, 0.2) is 0 Å². The fraction of sp³-hybridized carbons (Fsp3) is 0.600. The zero-order valence-corrected chi connectivity index (χ0v) is 7.09. The van der Waals surface area contributed by atoms with Crippen LogP contribution in [0.25, 0.3) is 0 Å². The fourth-order valence-corrected chi connectivity index (χ4v) is 0.249. The van der Waals surface area contributed by atoms with Crippen molar-refractivity contribution < 1.29 is 36.8 Å². The zero-order chi connectivity index (χ0) is 5.86. The Balaban J connectivity index is -0.000000180. The minimum absolute atomic E-state index is 0. The number of carbonyl (C=O) groups excluding carboxylic acids is 2. The van der Waals surface area contributed by atoms with Gasteiger partial charge in [0.1, 0.15) is 0 Å². The van der Waals surface area contributed by atoms with E-state index in [2.05, 4.69) is 0 Å². The molecule has 0 bridgehead atoms. The van der Waals surface area contributed by atoms with E-state index in [9.17, 15) is 9.59 Å². The van der Waals surface area contributed by atoms with Gasteiger partial charge in [-0.15, -0.1) is 0 Å². The van der Waals surface area contributed by atoms with Gasteiger partial charge in [0.25, 0.3) is 0 Å². The first kappa shape index (κ1) is 16.0. The monoisotopic (exact) mass is 166 g/mol. The molecule has 0 aliphatic rings. The van der Waals surface area contributed by atoms with Crippen LogP contribution in [0, 0.1) is 0 Å². The SMILES string of the molecule is CCC(=O)C(C)=O.O.[Ti]. The van der Waals surface area contributed by atoms with Gasteiger partial charge < -0.3 is 5.48 Å². The Bertz CT molecular complexity index is 100. The summed E-state index contributed by atoms with van der Waals surface area (Å²) < 4.78 is 0. The average Bonchev–Trinajstić information content (AvgIpc) is 1.65. The van der Waals surface area contributed by atoms with Gasteiger partial charge in [0, 0.05) is 35.1 Å². The maximum absolute atomic E-state index is 10.2. The molecule has 52 valence electrons. The molecule has 0 rings (SSSR count). The molecule has 0 radical (unpaired) electrons. The molecule has 0 saturated carbocycles. The van der Waals surface area contributed by atoms with Gasteiger partial charge in [-0.25, -0.2) is 0 Å². The van der Waals surface area contributed by atoms with Gasteiger partial charge in [-0.05, 0) is 0 Å². The summed E-state index contributed by atoms with van der Waals surface area (Å²) in [4.78, 5) is 20.2. The molecule has 0 aliphatic heterocycles. The predicted octanol–water partition coefficient (Wildman–Crippen LogP) is -0.273. The third kappa shape index (κ3) is 8.01. The van der Waals surface area contributed by atoms with Gasteiger partial charge in [0.2, 0.25) is 0 Å². The van der Waals surface area contributed by atoms with Crippen LogP contribution < -0.4 is 0 Å². The minimum atomic E-state index is -0.345. The van der Waals surface area contributed by atoms with Crippen LogP contribution in [0.4, 0.5) is 0 Å². The summed E-state index contributed by atoms with van der Waals surface area (Å²) in [5.74, 6) is -0.637. The molecule has 3 nitrogen and oxygen atoms in total. The van der Waals surface area contributed by atoms with Gasteiger partial charge in [0.05, 0.1) is 0 Å². The third-order valence-electron chi connectivity index (χ3n) is 0.714. The number of hydrogen-bond donors (Lipinski definition) is 0. The van der Waals surface area contributed by atoms with Crippen molar-refractivity contribution in [2.45, 2.75) is 20.3 Å². The van der Waals surface area contributed by atoms with Gasteiger partial charge in [-0.2, -0.15) is 0 Å². The second kappa shape index (κ2) is 8.01. The fourth-order valence-electron chi connectivity index (χ4n) is 0.249. The molecule has 2 N–H and O–H groups in total. The van der Waals surface area contributed by atoms with Crippen LogP contribution in [0.3, 0.4) is 0 Å². The van der Waals surface area contributed by atoms with Crippen molar-refractivity contribution in [2.75, 3.05) is 0 Å². The molecule has 0 atom stereocenters. The van der Waals surface area contributed by atoms with E-state index in [1.54, 1.807) is 6.92 Å². The van der Waals surface area contributed by atoms with E-state index < -0.39 is 0 Å². The van der Waals surface area contributed by atoms with Crippen LogP contribution in [0.1, 0.15) is 20.3 Å². The Morgan fingerprint density at radius 2 is 1.67 bits per heavy atom. The number of hydrogen-bond acceptors (Lipinski definition) is 2. The molecule has 9 heavy (non-hydrogen) atoms. The molecular weight excluding hydrogens is 156 g/mol. The average molecular weight is 166 g/mol. The maximum atomic E-state index is 10.2. The molecule has 0 heterocycles. The van der Waals surface area contributed by atoms with Crippen LogP contribution in [0.2, 0.25) is 0 Å². The molecule has 0 spiro atoms. The molecular formula is C5H10O3Ti. The van der Waals surface area contributed by atoms with Crippen LogP contribution in [-0.4, -0.2) is 17.0 Å². The molecule has 0 aromatic heterocycles. The van der Waals surface area contributed by atoms with Crippen LogP contribution >= 0.6 is 0 Å². The van der Waals surface area contributed by atoms with Crippen molar-refractivity contribution >= 4 is 11.6 Å². The van der Waals surface area contributed by atoms with E-state index in [-0.39, 0.29) is 38.8 Å². The van der Waals surface area contributed by atoms with Gasteiger partial charge in [-0.1, -0.05) is 6.92 Å². The van der Waals surface area contributed by atoms with Gasteiger partial charge in [0.15, 0.2) is 11.6 Å². The zero-order valence-electron chi connectivity index (χ0n) is 5.52. The Kier molecular flexibility index (Phi) is 14.3. The largest absolute Gasteiger partial charge is 0.412 e. The summed E-state index contributed by atoms with van der Waals surface area (Å²) in [6.07, 6.45) is 0.329. The van der Waals surface area contributed by atoms with Crippen molar-refractivity contribution in [1.29, 1.82) is 0 Å². The van der Waals surface area contributed by atoms with E-state index in [1.807, 2.05) is 0 Å². The van der Waals surface area contributed by atoms with Gasteiger partial charge >= 0.3 is 0 Å². The van der Waals surface area contributed by atoms with Crippen molar-refractivity contribution in [3.05, 3.63) is 0 Å². The van der Waals surface area contributed by atoms with E-state index in [0.717, 1.165) is 0 Å². The van der Waals surface area contributed by atoms with Crippen molar-refractivity contribution in [3.63, 3.8) is 0 Å². The minimum Gasteiger partial charge on any atom is -0.412 e. The Labute approximate surface area is 69.0 Å². The Morgan fingerprint density at radius 3 is 1.67 bits per heavy atom. The number of carbonyl (C=O) groups is 2. The topological polar surface area (TPSA) is 65.6 Å². The first-order valence-corrected chi connectivity index (χ1v) is 2.22. The van der Waals surface area contributed by atoms with Crippen LogP contribution in [-0.2, 0) is 31.3 Å². The van der Waals surface area contributed by atoms with Gasteiger partial charge in [-0.3, -0.25) is 9.59 Å². The second-order valence-electron chi connectivity index (χ2n) is 1.33. The molecule has 0 saturated heterocycles. The predicted molar refractivity (Wildman–Crippen MR) is 29.6 cm³/mol. The van der Waals surface area contributed by atoms with Crippen molar-refractivity contribution in [3.8, 4) is 0 Å². The molecule has 0 aliphatic carbocycles. The third-order valence-corrected chi connectivity index (χ3v) is 0.714. The van der Waals surface area contributed by atoms with E-state index in [1.165, 1.54) is 6.92 Å². The summed E-state index contributed by atoms with van der Waals surface area (Å²) in [5.41, 5.74) is 0. The van der Waals surface area contributed by atoms with E-state index in [4.69, 9.17) is 0 Å². The Morgan fingerprint density at radius 1 is 1.33 bits per heavy atom. The normalized spacial score (nSPS) is 6.44. The molecule has 0 unspecified atom stereocenters. The first-order valence-electron chi connectivity index (χ1n) is 2.22. The van der Waals surface area contributed by atoms with E-state index in [0.29, 0.717) is 6.42 Å². The molecule has 0 amide bonds. The second-order valence-corrected chi connectivity index (χ2v) is 1.33. The quantitative estimate of drug-likeness (QED) is 0.418. The van der Waals surface area contributed by atoms with Crippen LogP contribution in [0.5, 0.6) is 0 Å². The Hall–Kier alpha value is 0.0143. The summed E-state index contributed by atoms with van der Waals surface area (Å²) in [6.45, 7) is 2.95. The van der Waals surface area contributed by atoms with Crippen molar-refractivity contribution in [1.82, 2.24) is 0 Å². The maximum Gasteiger partial charge on any atom is 0.197 e. The standard InChI is InChI=1S/C5H8O2.H2O.Ti/c1-3-5(7)4(2)6;;/h3H2,1-2H3;1H2;.